The van der Waals surface area contributed by atoms with Crippen molar-refractivity contribution in [2.45, 2.75) is 4.90 Å². The van der Waals surface area contributed by atoms with Gasteiger partial charge in [-0.25, -0.2) is 0 Å². The van der Waals surface area contributed by atoms with Gasteiger partial charge in [-0.3, -0.25) is 4.79 Å². The van der Waals surface area contributed by atoms with Crippen LogP contribution >= 0.6 is 24.0 Å². The van der Waals surface area contributed by atoms with E-state index in [1.165, 1.54) is 11.3 Å². The lowest BCUT2D eigenvalue weighted by molar-refractivity contribution is 0.112. The van der Waals surface area contributed by atoms with Gasteiger partial charge in [-0.1, -0.05) is 0 Å². The van der Waals surface area contributed by atoms with Crippen LogP contribution in [-0.2, 0) is 0 Å². The average Bonchev–Trinajstić information content (AvgIpc) is 2.55. The van der Waals surface area contributed by atoms with Gasteiger partial charge in [-0.15, -0.1) is 24.0 Å². The Hall–Kier alpha value is -1.31. The quantitative estimate of drug-likeness (QED) is 0.592. The fraction of sp³-hybridized carbons (Fsp3) is 0. The molecular formula is C10H5NOS2. The molecule has 0 aliphatic carbocycles. The van der Waals surface area contributed by atoms with Crippen molar-refractivity contribution in [1.29, 1.82) is 5.26 Å². The molecule has 68 valence electrons. The van der Waals surface area contributed by atoms with E-state index in [0.717, 1.165) is 16.4 Å². The zero-order chi connectivity index (χ0) is 10.1. The van der Waals surface area contributed by atoms with E-state index >= 15 is 0 Å². The summed E-state index contributed by atoms with van der Waals surface area (Å²) in [6, 6.07) is 7.38. The summed E-state index contributed by atoms with van der Waals surface area (Å²) < 4.78 is 0.983. The first kappa shape index (κ1) is 9.25. The largest absolute Gasteiger partial charge is 0.297 e. The topological polar surface area (TPSA) is 40.9 Å². The number of carbonyl (C=O) groups is 1. The van der Waals surface area contributed by atoms with Crippen molar-refractivity contribution in [2.75, 3.05) is 0 Å². The summed E-state index contributed by atoms with van der Waals surface area (Å²) in [5.74, 6) is 0. The van der Waals surface area contributed by atoms with Gasteiger partial charge in [0, 0.05) is 15.0 Å². The van der Waals surface area contributed by atoms with Crippen molar-refractivity contribution >= 4 is 40.3 Å². The van der Waals surface area contributed by atoms with E-state index in [4.69, 9.17) is 5.26 Å². The van der Waals surface area contributed by atoms with Gasteiger partial charge in [-0.05, 0) is 18.2 Å². The highest BCUT2D eigenvalue weighted by Gasteiger charge is 2.08. The standard InChI is InChI=1S/C10H5NOS2/c11-4-6-1-2-8-7(3-6)10(13)9(5-12)14-8/h1-3,5,13H. The molecule has 0 radical (unpaired) electrons. The Morgan fingerprint density at radius 1 is 1.50 bits per heavy atom. The van der Waals surface area contributed by atoms with Gasteiger partial charge in [-0.2, -0.15) is 5.26 Å². The van der Waals surface area contributed by atoms with Gasteiger partial charge < -0.3 is 0 Å². The van der Waals surface area contributed by atoms with Crippen molar-refractivity contribution in [3.63, 3.8) is 0 Å². The first-order valence-corrected chi connectivity index (χ1v) is 5.13. The van der Waals surface area contributed by atoms with Crippen molar-refractivity contribution in [3.05, 3.63) is 28.6 Å². The SMILES string of the molecule is N#Cc1ccc2sc(C=O)c(S)c2c1. The van der Waals surface area contributed by atoms with Crippen LogP contribution in [0.15, 0.2) is 23.1 Å². The number of fused-ring (bicyclic) bond motifs is 1. The van der Waals surface area contributed by atoms with Crippen LogP contribution in [0, 0.1) is 11.3 Å². The van der Waals surface area contributed by atoms with Crippen molar-refractivity contribution < 1.29 is 4.79 Å². The van der Waals surface area contributed by atoms with Crippen LogP contribution in [0.3, 0.4) is 0 Å². The van der Waals surface area contributed by atoms with E-state index in [1.54, 1.807) is 12.1 Å². The fourth-order valence-electron chi connectivity index (χ4n) is 1.25. The molecular weight excluding hydrogens is 214 g/mol. The van der Waals surface area contributed by atoms with Gasteiger partial charge in [0.25, 0.3) is 0 Å². The number of benzene rings is 1. The zero-order valence-corrected chi connectivity index (χ0v) is 8.73. The fourth-order valence-corrected chi connectivity index (χ4v) is 2.60. The highest BCUT2D eigenvalue weighted by atomic mass is 32.1. The van der Waals surface area contributed by atoms with E-state index < -0.39 is 0 Å². The molecule has 0 amide bonds. The molecule has 2 nitrogen and oxygen atoms in total. The number of thiol groups is 1. The Balaban J connectivity index is 2.82. The molecule has 0 saturated heterocycles. The molecule has 0 aliphatic rings. The predicted octanol–water partition coefficient (Wildman–Crippen LogP) is 2.87. The molecule has 2 aromatic rings. The first-order chi connectivity index (χ1) is 6.76. The first-order valence-electron chi connectivity index (χ1n) is 3.87. The van der Waals surface area contributed by atoms with Gasteiger partial charge in [0.15, 0.2) is 6.29 Å². The summed E-state index contributed by atoms with van der Waals surface area (Å²) in [5.41, 5.74) is 0.586. The van der Waals surface area contributed by atoms with Crippen LogP contribution in [0.25, 0.3) is 10.1 Å². The number of carbonyl (C=O) groups excluding carboxylic acids is 1. The summed E-state index contributed by atoms with van der Waals surface area (Å²) in [4.78, 5) is 11.9. The third kappa shape index (κ3) is 1.31. The van der Waals surface area contributed by atoms with Crippen LogP contribution in [0.4, 0.5) is 0 Å². The van der Waals surface area contributed by atoms with Gasteiger partial charge in [0.2, 0.25) is 0 Å². The number of nitrogens with zero attached hydrogens (tertiary/aromatic N) is 1. The summed E-state index contributed by atoms with van der Waals surface area (Å²) in [6.07, 6.45) is 0.791. The van der Waals surface area contributed by atoms with E-state index in [9.17, 15) is 4.79 Å². The van der Waals surface area contributed by atoms with E-state index in [0.29, 0.717) is 15.3 Å². The third-order valence-electron chi connectivity index (χ3n) is 1.92. The molecule has 1 aromatic carbocycles. The Morgan fingerprint density at radius 2 is 2.29 bits per heavy atom. The second kappa shape index (κ2) is 3.45. The number of nitriles is 1. The Labute approximate surface area is 90.2 Å². The van der Waals surface area contributed by atoms with Gasteiger partial charge >= 0.3 is 0 Å². The molecule has 0 unspecified atom stereocenters. The number of hydrogen-bond donors (Lipinski definition) is 1. The maximum Gasteiger partial charge on any atom is 0.161 e. The van der Waals surface area contributed by atoms with E-state index in [2.05, 4.69) is 18.7 Å². The van der Waals surface area contributed by atoms with Crippen LogP contribution in [-0.4, -0.2) is 6.29 Å². The molecule has 0 atom stereocenters. The van der Waals surface area contributed by atoms with E-state index in [-0.39, 0.29) is 0 Å². The minimum atomic E-state index is 0.586. The molecule has 0 spiro atoms. The second-order valence-corrected chi connectivity index (χ2v) is 4.29. The lowest BCUT2D eigenvalue weighted by atomic mass is 10.2. The number of rotatable bonds is 1. The maximum absolute atomic E-state index is 10.6. The van der Waals surface area contributed by atoms with Crippen molar-refractivity contribution in [1.82, 2.24) is 0 Å². The maximum atomic E-state index is 10.6. The van der Waals surface area contributed by atoms with Crippen LogP contribution in [0.5, 0.6) is 0 Å². The molecule has 2 rings (SSSR count). The smallest absolute Gasteiger partial charge is 0.161 e. The summed E-state index contributed by atoms with van der Waals surface area (Å²) in [7, 11) is 0. The van der Waals surface area contributed by atoms with Crippen molar-refractivity contribution in [3.8, 4) is 6.07 Å². The molecule has 0 fully saturated rings. The normalized spacial score (nSPS) is 10.0. The predicted molar refractivity (Wildman–Crippen MR) is 59.2 cm³/mol. The molecule has 1 aromatic heterocycles. The summed E-state index contributed by atoms with van der Waals surface area (Å²) in [5, 5.41) is 9.59. The average molecular weight is 219 g/mol. The van der Waals surface area contributed by atoms with E-state index in [1.807, 2.05) is 6.07 Å². The Kier molecular flexibility index (Phi) is 2.28. The van der Waals surface area contributed by atoms with Gasteiger partial charge in [0.05, 0.1) is 16.5 Å². The van der Waals surface area contributed by atoms with Crippen molar-refractivity contribution in [2.24, 2.45) is 0 Å². The van der Waals surface area contributed by atoms with Crippen LogP contribution < -0.4 is 0 Å². The Morgan fingerprint density at radius 3 is 2.93 bits per heavy atom. The molecule has 4 heteroatoms. The lowest BCUT2D eigenvalue weighted by Crippen LogP contribution is -1.74. The monoisotopic (exact) mass is 219 g/mol. The second-order valence-electron chi connectivity index (χ2n) is 2.76. The number of aldehydes is 1. The zero-order valence-electron chi connectivity index (χ0n) is 7.02. The number of hydrogen-bond acceptors (Lipinski definition) is 4. The molecule has 0 saturated carbocycles. The lowest BCUT2D eigenvalue weighted by Gasteiger charge is -1.91. The Bertz CT molecular complexity index is 551. The molecule has 0 aliphatic heterocycles. The van der Waals surface area contributed by atoms with Crippen LogP contribution in [0.2, 0.25) is 0 Å². The highest BCUT2D eigenvalue weighted by Crippen LogP contribution is 2.33. The molecule has 1 heterocycles. The summed E-state index contributed by atoms with van der Waals surface area (Å²) >= 11 is 5.64. The number of thiophene rings is 1. The van der Waals surface area contributed by atoms with Gasteiger partial charge in [0.1, 0.15) is 0 Å². The molecule has 0 N–H and O–H groups in total. The molecule has 0 bridgehead atoms. The minimum absolute atomic E-state index is 0.586. The molecule has 14 heavy (non-hydrogen) atoms. The third-order valence-corrected chi connectivity index (χ3v) is 3.65. The van der Waals surface area contributed by atoms with Crippen LogP contribution in [0.1, 0.15) is 15.2 Å². The minimum Gasteiger partial charge on any atom is -0.297 e. The highest BCUT2D eigenvalue weighted by molar-refractivity contribution is 7.81. The summed E-state index contributed by atoms with van der Waals surface area (Å²) in [6.45, 7) is 0.